The molecule has 0 fully saturated rings. The summed E-state index contributed by atoms with van der Waals surface area (Å²) in [7, 11) is 1.16. The van der Waals surface area contributed by atoms with Gasteiger partial charge in [-0.25, -0.2) is 0 Å². The third-order valence-corrected chi connectivity index (χ3v) is 15.8. The number of esters is 1. The molecule has 466 valence electrons. The van der Waals surface area contributed by atoms with Crippen LogP contribution in [0, 0.1) is 0 Å². The molecule has 0 aromatic heterocycles. The Morgan fingerprint density at radius 3 is 1.19 bits per heavy atom. The molecule has 0 aliphatic rings. The molecule has 0 aliphatic carbocycles. The molecule has 0 spiro atoms. The van der Waals surface area contributed by atoms with Crippen LogP contribution >= 0.6 is 7.82 Å². The predicted molar refractivity (Wildman–Crippen MR) is 344 cm³/mol. The number of quaternary nitrogens is 1. The van der Waals surface area contributed by atoms with E-state index in [0.717, 1.165) is 77.0 Å². The summed E-state index contributed by atoms with van der Waals surface area (Å²) < 4.78 is 30.4. The van der Waals surface area contributed by atoms with Gasteiger partial charge in [-0.15, -0.1) is 0 Å². The van der Waals surface area contributed by atoms with Crippen molar-refractivity contribution in [3.63, 3.8) is 0 Å². The van der Waals surface area contributed by atoms with Crippen LogP contribution in [0.4, 0.5) is 0 Å². The van der Waals surface area contributed by atoms with Crippen molar-refractivity contribution in [2.75, 3.05) is 40.9 Å². The lowest BCUT2D eigenvalue weighted by molar-refractivity contribution is -0.870. The first-order valence-electron chi connectivity index (χ1n) is 33.7. The summed E-state index contributed by atoms with van der Waals surface area (Å²) in [6.07, 6.45) is 77.3. The number of nitrogens with one attached hydrogen (secondary N) is 1. The van der Waals surface area contributed by atoms with Crippen molar-refractivity contribution in [3.05, 3.63) is 72.9 Å². The Morgan fingerprint density at radius 1 is 0.438 bits per heavy atom. The highest BCUT2D eigenvalue weighted by Gasteiger charge is 2.27. The zero-order chi connectivity index (χ0) is 58.6. The van der Waals surface area contributed by atoms with Crippen molar-refractivity contribution in [2.24, 2.45) is 0 Å². The third kappa shape index (κ3) is 60.1. The van der Waals surface area contributed by atoms with Gasteiger partial charge in [0.15, 0.2) is 0 Å². The van der Waals surface area contributed by atoms with Crippen LogP contribution in [-0.4, -0.2) is 69.4 Å². The molecule has 0 aromatic rings. The van der Waals surface area contributed by atoms with E-state index in [1.807, 2.05) is 33.3 Å². The molecule has 3 unspecified atom stereocenters. The number of phosphoric ester groups is 1. The molecule has 0 bridgehead atoms. The number of carbonyl (C=O) groups is 2. The van der Waals surface area contributed by atoms with Crippen LogP contribution in [0.3, 0.4) is 0 Å². The van der Waals surface area contributed by atoms with Crippen LogP contribution in [0.1, 0.15) is 310 Å². The van der Waals surface area contributed by atoms with Gasteiger partial charge in [-0.1, -0.05) is 267 Å². The Balaban J connectivity index is 5.18. The van der Waals surface area contributed by atoms with Crippen LogP contribution in [0.5, 0.6) is 0 Å². The summed E-state index contributed by atoms with van der Waals surface area (Å²) in [4.78, 5) is 40.1. The monoisotopic (exact) mass is 1140 g/mol. The van der Waals surface area contributed by atoms with Crippen molar-refractivity contribution in [3.8, 4) is 0 Å². The number of allylic oxidation sites excluding steroid dienone is 11. The molecule has 0 radical (unpaired) electrons. The van der Waals surface area contributed by atoms with Gasteiger partial charge < -0.3 is 28.5 Å². The van der Waals surface area contributed by atoms with Crippen molar-refractivity contribution < 1.29 is 37.3 Å². The summed E-state index contributed by atoms with van der Waals surface area (Å²) in [5.74, 6) is -0.570. The van der Waals surface area contributed by atoms with Gasteiger partial charge in [0.1, 0.15) is 19.3 Å². The fourth-order valence-corrected chi connectivity index (χ4v) is 10.3. The summed E-state index contributed by atoms with van der Waals surface area (Å²) in [5, 5.41) is 3.02. The number of carbonyl (C=O) groups excluding carboxylic acids is 2. The number of hydrogen-bond donors (Lipinski definition) is 1. The number of likely N-dealkylation sites (N-methyl/N-ethyl adjacent to an activating group) is 1. The van der Waals surface area contributed by atoms with Gasteiger partial charge in [-0.3, -0.25) is 14.2 Å². The highest BCUT2D eigenvalue weighted by atomic mass is 31.2. The molecule has 1 amide bonds. The fraction of sp³-hybridized carbons (Fsp3) is 0.800. The molecule has 0 aromatic carbocycles. The van der Waals surface area contributed by atoms with E-state index >= 15 is 0 Å². The zero-order valence-electron chi connectivity index (χ0n) is 53.3. The number of unbranched alkanes of at least 4 members (excludes halogenated alkanes) is 35. The number of phosphoric acid groups is 1. The van der Waals surface area contributed by atoms with Gasteiger partial charge in [-0.05, 0) is 102 Å². The topological polar surface area (TPSA) is 114 Å². The van der Waals surface area contributed by atoms with Gasteiger partial charge in [0.2, 0.25) is 5.91 Å². The van der Waals surface area contributed by atoms with Crippen molar-refractivity contribution in [1.29, 1.82) is 0 Å². The number of ether oxygens (including phenoxy) is 1. The fourth-order valence-electron chi connectivity index (χ4n) is 9.62. The van der Waals surface area contributed by atoms with Crippen LogP contribution in [-0.2, 0) is 27.9 Å². The highest BCUT2D eigenvalue weighted by molar-refractivity contribution is 7.45. The largest absolute Gasteiger partial charge is 0.756 e. The molecule has 3 atom stereocenters. The molecule has 1 N–H and O–H groups in total. The molecule has 9 nitrogen and oxygen atoms in total. The number of amides is 1. The normalized spacial score (nSPS) is 14.0. The second kappa shape index (κ2) is 59.6. The van der Waals surface area contributed by atoms with Gasteiger partial charge in [-0.2, -0.15) is 0 Å². The van der Waals surface area contributed by atoms with Crippen LogP contribution in [0.2, 0.25) is 0 Å². The minimum atomic E-state index is -4.71. The summed E-state index contributed by atoms with van der Waals surface area (Å²) in [6.45, 7) is 6.81. The molecule has 0 saturated carbocycles. The van der Waals surface area contributed by atoms with Gasteiger partial charge in [0.25, 0.3) is 7.82 Å². The Kier molecular flexibility index (Phi) is 57.7. The lowest BCUT2D eigenvalue weighted by Crippen LogP contribution is -2.47. The molecule has 0 heterocycles. The van der Waals surface area contributed by atoms with E-state index < -0.39 is 26.6 Å². The summed E-state index contributed by atoms with van der Waals surface area (Å²) in [6, 6.07) is -0.907. The maximum atomic E-state index is 13.5. The van der Waals surface area contributed by atoms with E-state index in [1.165, 1.54) is 193 Å². The van der Waals surface area contributed by atoms with E-state index in [0.29, 0.717) is 17.4 Å². The van der Waals surface area contributed by atoms with Crippen LogP contribution in [0.25, 0.3) is 0 Å². The van der Waals surface area contributed by atoms with E-state index in [4.69, 9.17) is 13.8 Å². The average Bonchev–Trinajstić information content (AvgIpc) is 3.42. The number of hydrogen-bond acceptors (Lipinski definition) is 7. The quantitative estimate of drug-likeness (QED) is 0.0212. The molecule has 0 rings (SSSR count). The van der Waals surface area contributed by atoms with E-state index in [1.54, 1.807) is 0 Å². The minimum Gasteiger partial charge on any atom is -0.756 e. The maximum absolute atomic E-state index is 13.5. The van der Waals surface area contributed by atoms with Crippen LogP contribution in [0.15, 0.2) is 72.9 Å². The standard InChI is InChI=1S/C70H129N2O7P/c1-7-10-13-16-19-22-25-28-30-32-34-35-36-37-39-41-43-45-48-51-54-57-60-63-70(74)79-68(61-58-55-52-49-46-27-24-21-18-15-12-9-3)67(66-78-80(75,76)77-65-64-72(4,5)6)71-69(73)62-59-56-53-50-47-44-42-40-38-33-31-29-26-23-20-17-14-11-8-2/h20,23,28-31,38,40,44,47,58,61,67-68H,7-19,21-22,24-27,32-37,39,41-43,45-46,48-57,59-60,62-66H2,1-6H3,(H-,71,73,75,76)/b23-20-,30-28+,31-29-,40-38-,47-44-,61-58+. The molecule has 0 aliphatic heterocycles. The summed E-state index contributed by atoms with van der Waals surface area (Å²) in [5.41, 5.74) is 0. The predicted octanol–water partition coefficient (Wildman–Crippen LogP) is 20.5. The molecular weight excluding hydrogens is 1010 g/mol. The van der Waals surface area contributed by atoms with Gasteiger partial charge in [0.05, 0.1) is 33.8 Å². The maximum Gasteiger partial charge on any atom is 0.306 e. The molecule has 10 heteroatoms. The van der Waals surface area contributed by atoms with Crippen molar-refractivity contribution in [2.45, 2.75) is 322 Å². The third-order valence-electron chi connectivity index (χ3n) is 14.9. The Bertz CT molecular complexity index is 1600. The minimum absolute atomic E-state index is 0.0302. The number of nitrogens with zero attached hydrogens (tertiary/aromatic N) is 1. The second-order valence-corrected chi connectivity index (χ2v) is 25.4. The first-order valence-corrected chi connectivity index (χ1v) is 35.2. The first-order chi connectivity index (χ1) is 38.9. The second-order valence-electron chi connectivity index (χ2n) is 24.0. The van der Waals surface area contributed by atoms with Crippen molar-refractivity contribution >= 4 is 19.7 Å². The molecule has 0 saturated heterocycles. The molecular formula is C70H129N2O7P. The lowest BCUT2D eigenvalue weighted by atomic mass is 10.0. The van der Waals surface area contributed by atoms with Gasteiger partial charge in [0, 0.05) is 12.8 Å². The number of rotatable bonds is 61. The Labute approximate surface area is 495 Å². The zero-order valence-corrected chi connectivity index (χ0v) is 54.2. The van der Waals surface area contributed by atoms with E-state index in [2.05, 4.69) is 86.8 Å². The smallest absolute Gasteiger partial charge is 0.306 e. The molecule has 80 heavy (non-hydrogen) atoms. The van der Waals surface area contributed by atoms with Crippen LogP contribution < -0.4 is 10.2 Å². The summed E-state index contributed by atoms with van der Waals surface area (Å²) >= 11 is 0. The van der Waals surface area contributed by atoms with Gasteiger partial charge >= 0.3 is 5.97 Å². The lowest BCUT2D eigenvalue weighted by Gasteiger charge is -2.30. The highest BCUT2D eigenvalue weighted by Crippen LogP contribution is 2.38. The SMILES string of the molecule is CCCCC/C=C\C/C=C\C/C=C\C/C=C\CCCCCC(=O)NC(COP(=O)([O-])OCC[N+](C)(C)C)C(/C=C/CCCCCCCCCCCC)OC(=O)CCCCCCCCCCCCCCC/C=C/CCCCCCCC. The van der Waals surface area contributed by atoms with E-state index in [-0.39, 0.29) is 31.3 Å². The Morgan fingerprint density at radius 2 is 0.762 bits per heavy atom. The van der Waals surface area contributed by atoms with Crippen molar-refractivity contribution in [1.82, 2.24) is 5.32 Å². The first kappa shape index (κ1) is 77.5. The average molecular weight is 1140 g/mol. The van der Waals surface area contributed by atoms with E-state index in [9.17, 15) is 19.0 Å². The Hall–Kier alpha value is -2.55.